The van der Waals surface area contributed by atoms with E-state index in [0.29, 0.717) is 44.1 Å². The molecule has 552 valence electrons. The number of rotatable bonds is 17. The molecule has 0 aromatic carbocycles. The van der Waals surface area contributed by atoms with Crippen molar-refractivity contribution in [1.29, 1.82) is 0 Å². The molecule has 0 radical (unpaired) electrons. The lowest BCUT2D eigenvalue weighted by Gasteiger charge is -2.60. The number of aliphatic hydroxyl groups excluding tert-OH is 18. The molecule has 8 heterocycles. The molecule has 4 saturated carbocycles. The Hall–Kier alpha value is -1.61. The topological polar surface area (TPSA) is 510 Å². The fraction of sp³-hybridized carbons (Fsp3) is 0.984. The van der Waals surface area contributed by atoms with Crippen LogP contribution < -0.4 is 0 Å². The number of Topliss-reactive ketones (excluding diaryl/α,β-unsaturated/α-hetero) is 1. The van der Waals surface area contributed by atoms with E-state index < -0.39 is 235 Å². The molecule has 33 nitrogen and oxygen atoms in total. The Balaban J connectivity index is 0.766. The van der Waals surface area contributed by atoms with Crippen LogP contribution in [0.4, 0.5) is 0 Å². The van der Waals surface area contributed by atoms with E-state index >= 15 is 0 Å². The van der Waals surface area contributed by atoms with Crippen molar-refractivity contribution in [1.82, 2.24) is 0 Å². The highest BCUT2D eigenvalue weighted by Crippen LogP contribution is 2.70. The second-order valence-corrected chi connectivity index (χ2v) is 29.8. The molecule has 12 rings (SSSR count). The minimum Gasteiger partial charge on any atom is -0.394 e. The lowest BCUT2D eigenvalue weighted by atomic mass is 9.44. The summed E-state index contributed by atoms with van der Waals surface area (Å²) in [4.78, 5) is 14.9. The number of hydrogen-bond acceptors (Lipinski definition) is 33. The molecule has 0 aromatic heterocycles. The molecule has 0 bridgehead atoms. The molecule has 1 spiro atoms. The SMILES string of the molecule is C[C@@H]1CC[C@@]2(OC1)O[C@H]1C[C@H]3[C@@H]4CC[C@H]5C[C@@H](O[C@@H]6O[C@H](CO)[C@@H](O[C@@H]7O[C@H](CO)[C@@H](O)[C@H](O[C@@H]8O[C@H](CO)[C@@H](O[C@@H]9O[C@@H](C)[C@H](O)[C@@H](O)[C@H]9O)[C@H](O)[C@H]8O)[C@H]7O[C@@H]7O[C@H](CO)[C@@H](O)[C@H](O[C@@H]8O[C@H](CO)[C@@H](O)[C@H](O)[C@H]8O)[C@H]7O)[C@H](O)[C@H]6O)CC[C@]5(C)[C@H]4CC(=O)[C@]3(C)[C@H]1[C@@H]2C. The van der Waals surface area contributed by atoms with Gasteiger partial charge in [0.2, 0.25) is 0 Å². The first-order chi connectivity index (χ1) is 45.6. The van der Waals surface area contributed by atoms with Gasteiger partial charge in [0.05, 0.1) is 58.0 Å². The fourth-order valence-electron chi connectivity index (χ4n) is 18.7. The molecule has 12 aliphatic rings. The number of ether oxygens (including phenoxy) is 14. The first-order valence-corrected chi connectivity index (χ1v) is 34.2. The summed E-state index contributed by atoms with van der Waals surface area (Å²) >= 11 is 0. The second kappa shape index (κ2) is 29.1. The van der Waals surface area contributed by atoms with Crippen LogP contribution in [0.2, 0.25) is 0 Å². The zero-order valence-electron chi connectivity index (χ0n) is 54.3. The van der Waals surface area contributed by atoms with Gasteiger partial charge in [-0.15, -0.1) is 0 Å². The van der Waals surface area contributed by atoms with Crippen LogP contribution in [-0.2, 0) is 71.1 Å². The number of fused-ring (bicyclic) bond motifs is 7. The predicted octanol–water partition coefficient (Wildman–Crippen LogP) is -7.05. The average molecular weight is 1390 g/mol. The van der Waals surface area contributed by atoms with Crippen molar-refractivity contribution < 1.29 is 163 Å². The first kappa shape index (κ1) is 74.1. The summed E-state index contributed by atoms with van der Waals surface area (Å²) < 4.78 is 85.4. The number of hydrogen-bond donors (Lipinski definition) is 18. The number of carbonyl (C=O) groups is 1. The minimum absolute atomic E-state index is 0.0599. The normalized spacial score (nSPS) is 56.9. The summed E-state index contributed by atoms with van der Waals surface area (Å²) in [6.45, 7) is 5.87. The molecular formula is C63H102O33. The first-order valence-electron chi connectivity index (χ1n) is 34.2. The van der Waals surface area contributed by atoms with Crippen LogP contribution in [0.15, 0.2) is 0 Å². The van der Waals surface area contributed by atoms with Gasteiger partial charge in [-0.3, -0.25) is 4.79 Å². The van der Waals surface area contributed by atoms with E-state index in [9.17, 15) is 96.7 Å². The Labute approximate surface area is 553 Å². The molecule has 12 fully saturated rings. The Bertz CT molecular complexity index is 2590. The lowest BCUT2D eigenvalue weighted by molar-refractivity contribution is -0.414. The maximum Gasteiger partial charge on any atom is 0.187 e. The zero-order valence-corrected chi connectivity index (χ0v) is 54.3. The zero-order chi connectivity index (χ0) is 69.1. The molecule has 0 amide bonds. The van der Waals surface area contributed by atoms with E-state index in [0.717, 1.165) is 32.1 Å². The van der Waals surface area contributed by atoms with Gasteiger partial charge in [0.15, 0.2) is 43.5 Å². The summed E-state index contributed by atoms with van der Waals surface area (Å²) in [5, 5.41) is 199. The summed E-state index contributed by atoms with van der Waals surface area (Å²) in [7, 11) is 0. The van der Waals surface area contributed by atoms with E-state index in [1.165, 1.54) is 6.92 Å². The molecule has 42 atom stereocenters. The Morgan fingerprint density at radius 2 is 0.917 bits per heavy atom. The molecule has 33 heteroatoms. The van der Waals surface area contributed by atoms with Crippen LogP contribution in [0.3, 0.4) is 0 Å². The molecule has 8 aliphatic heterocycles. The largest absolute Gasteiger partial charge is 0.394 e. The summed E-state index contributed by atoms with van der Waals surface area (Å²) in [5.74, 6) is 0.886. The molecule has 0 unspecified atom stereocenters. The standard InChI is InChI=1S/C63H102O33/c1-21-8-11-63(83-20-21)22(2)36-29(96-63)13-28-26-7-6-24-12-25(9-10-61(24,4)27(26)14-35(69)62(28,36)5)85-56-47(80)43(76)51(34(19-68)89-56)92-60-54(95-59-49(82)52(39(72)31(16-65)87-59)93-57-46(79)42(75)38(71)30(15-64)86-57)53(40(73)32(17-66)88-60)94-58-48(81)44(77)50(33(18-67)90-58)91-55-45(78)41(74)37(70)23(3)84-55/h21-34,36-60,64-68,70-82H,6-20H2,1-5H3/t21-,22+,23+,24+,25+,26-,27+,28+,29+,30-,31-,32-,33-,34-,36+,37+,38-,39-,40-,41-,42+,43-,44-,45-,46-,47-,48-,49-,50-,51-,52+,53+,54-,55+,56-,57+,58+,59+,60+,61+,62-,63-/m1/s1. The third kappa shape index (κ3) is 12.9. The van der Waals surface area contributed by atoms with Crippen molar-refractivity contribution in [2.24, 2.45) is 52.3 Å². The Morgan fingerprint density at radius 3 is 1.50 bits per heavy atom. The monoisotopic (exact) mass is 1390 g/mol. The highest BCUT2D eigenvalue weighted by atomic mass is 16.8. The van der Waals surface area contributed by atoms with Crippen LogP contribution in [0.25, 0.3) is 0 Å². The quantitative estimate of drug-likeness (QED) is 0.0602. The van der Waals surface area contributed by atoms with E-state index in [2.05, 4.69) is 27.7 Å². The van der Waals surface area contributed by atoms with Gasteiger partial charge in [-0.2, -0.15) is 0 Å². The predicted molar refractivity (Wildman–Crippen MR) is 313 cm³/mol. The van der Waals surface area contributed by atoms with Gasteiger partial charge in [0, 0.05) is 30.1 Å². The Kier molecular flexibility index (Phi) is 22.5. The van der Waals surface area contributed by atoms with Gasteiger partial charge in [-0.25, -0.2) is 0 Å². The van der Waals surface area contributed by atoms with Gasteiger partial charge >= 0.3 is 0 Å². The van der Waals surface area contributed by atoms with Gasteiger partial charge in [-0.1, -0.05) is 27.7 Å². The van der Waals surface area contributed by atoms with Crippen LogP contribution in [0.5, 0.6) is 0 Å². The van der Waals surface area contributed by atoms with E-state index in [-0.39, 0.29) is 46.9 Å². The van der Waals surface area contributed by atoms with Crippen molar-refractivity contribution in [3.63, 3.8) is 0 Å². The lowest BCUT2D eigenvalue weighted by Crippen LogP contribution is -2.69. The Morgan fingerprint density at radius 1 is 0.438 bits per heavy atom. The molecule has 0 aromatic rings. The molecule has 4 aliphatic carbocycles. The minimum atomic E-state index is -2.29. The highest BCUT2D eigenvalue weighted by Gasteiger charge is 2.72. The molecule has 96 heavy (non-hydrogen) atoms. The number of carbonyl (C=O) groups excluding carboxylic acids is 1. The van der Waals surface area contributed by atoms with Gasteiger partial charge < -0.3 is 158 Å². The van der Waals surface area contributed by atoms with Crippen LogP contribution >= 0.6 is 0 Å². The third-order valence-electron chi connectivity index (χ3n) is 24.5. The summed E-state index contributed by atoms with van der Waals surface area (Å²) in [6, 6.07) is 0. The van der Waals surface area contributed by atoms with Crippen LogP contribution in [0.1, 0.15) is 92.4 Å². The van der Waals surface area contributed by atoms with Gasteiger partial charge in [-0.05, 0) is 86.9 Å². The second-order valence-electron chi connectivity index (χ2n) is 29.8. The fourth-order valence-corrected chi connectivity index (χ4v) is 18.7. The van der Waals surface area contributed by atoms with Crippen molar-refractivity contribution >= 4 is 5.78 Å². The summed E-state index contributed by atoms with van der Waals surface area (Å²) in [5.41, 5.74) is -0.770. The number of ketones is 1. The maximum absolute atomic E-state index is 14.9. The molecule has 8 saturated heterocycles. The van der Waals surface area contributed by atoms with E-state index in [1.54, 1.807) is 0 Å². The molecular weight excluding hydrogens is 1280 g/mol. The smallest absolute Gasteiger partial charge is 0.187 e. The third-order valence-corrected chi connectivity index (χ3v) is 24.5. The highest BCUT2D eigenvalue weighted by molar-refractivity contribution is 5.87. The van der Waals surface area contributed by atoms with E-state index in [4.69, 9.17) is 66.3 Å². The van der Waals surface area contributed by atoms with Crippen LogP contribution in [-0.4, -0.2) is 340 Å². The van der Waals surface area contributed by atoms with Crippen molar-refractivity contribution in [3.8, 4) is 0 Å². The maximum atomic E-state index is 14.9. The van der Waals surface area contributed by atoms with Gasteiger partial charge in [0.25, 0.3) is 0 Å². The average Bonchev–Trinajstić information content (AvgIpc) is 1.50. The molecule has 18 N–H and O–H groups in total. The number of aliphatic hydroxyl groups is 18. The van der Waals surface area contributed by atoms with Gasteiger partial charge in [0.1, 0.15) is 146 Å². The van der Waals surface area contributed by atoms with Crippen molar-refractivity contribution in [2.75, 3.05) is 39.6 Å². The van der Waals surface area contributed by atoms with Crippen molar-refractivity contribution in [3.05, 3.63) is 0 Å². The summed E-state index contributed by atoms with van der Waals surface area (Å²) in [6.07, 6.45) is -51.5. The van der Waals surface area contributed by atoms with Crippen molar-refractivity contribution in [2.45, 2.75) is 295 Å². The van der Waals surface area contributed by atoms with E-state index in [1.807, 2.05) is 0 Å². The van der Waals surface area contributed by atoms with Crippen LogP contribution in [0, 0.1) is 52.3 Å².